The maximum atomic E-state index is 12.4. The Labute approximate surface area is 105 Å². The van der Waals surface area contributed by atoms with Crippen LogP contribution in [0.1, 0.15) is 32.7 Å². The SMILES string of the molecule is Cc1ccc(C(=O)c2c(C)[nH]n(C)c2=O)c(C)c1. The molecule has 0 unspecified atom stereocenters. The van der Waals surface area contributed by atoms with Crippen LogP contribution < -0.4 is 5.56 Å². The van der Waals surface area contributed by atoms with Gasteiger partial charge >= 0.3 is 0 Å². The number of carbonyl (C=O) groups is 1. The lowest BCUT2D eigenvalue weighted by molar-refractivity contribution is 0.103. The molecule has 0 atom stereocenters. The van der Waals surface area contributed by atoms with Crippen LogP contribution in [0.4, 0.5) is 0 Å². The van der Waals surface area contributed by atoms with E-state index in [1.165, 1.54) is 4.68 Å². The number of carbonyl (C=O) groups excluding carboxylic acids is 1. The molecule has 18 heavy (non-hydrogen) atoms. The summed E-state index contributed by atoms with van der Waals surface area (Å²) in [6.45, 7) is 5.59. The molecule has 0 aliphatic heterocycles. The van der Waals surface area contributed by atoms with Gasteiger partial charge in [-0.15, -0.1) is 0 Å². The summed E-state index contributed by atoms with van der Waals surface area (Å²) in [5.74, 6) is -0.216. The minimum Gasteiger partial charge on any atom is -0.299 e. The number of ketones is 1. The highest BCUT2D eigenvalue weighted by molar-refractivity contribution is 6.10. The molecule has 1 aromatic carbocycles. The van der Waals surface area contributed by atoms with E-state index in [0.717, 1.165) is 11.1 Å². The number of aromatic amines is 1. The molecule has 2 rings (SSSR count). The summed E-state index contributed by atoms with van der Waals surface area (Å²) in [6.07, 6.45) is 0. The number of benzene rings is 1. The van der Waals surface area contributed by atoms with Gasteiger partial charge in [0.25, 0.3) is 5.56 Å². The summed E-state index contributed by atoms with van der Waals surface area (Å²) in [5, 5.41) is 2.84. The summed E-state index contributed by atoms with van der Waals surface area (Å²) in [6, 6.07) is 5.60. The van der Waals surface area contributed by atoms with E-state index in [1.807, 2.05) is 26.0 Å². The first-order chi connectivity index (χ1) is 8.41. The number of hydrogen-bond donors (Lipinski definition) is 1. The number of nitrogens with one attached hydrogen (secondary N) is 1. The van der Waals surface area contributed by atoms with Crippen molar-refractivity contribution in [2.45, 2.75) is 20.8 Å². The predicted molar refractivity (Wildman–Crippen MR) is 70.1 cm³/mol. The number of aryl methyl sites for hydroxylation is 4. The molecule has 0 amide bonds. The molecule has 4 nitrogen and oxygen atoms in total. The Morgan fingerprint density at radius 1 is 1.22 bits per heavy atom. The van der Waals surface area contributed by atoms with E-state index < -0.39 is 0 Å². The fourth-order valence-electron chi connectivity index (χ4n) is 2.16. The fraction of sp³-hybridized carbons (Fsp3) is 0.286. The van der Waals surface area contributed by atoms with Crippen molar-refractivity contribution in [2.75, 3.05) is 0 Å². The average Bonchev–Trinajstić information content (AvgIpc) is 2.52. The maximum absolute atomic E-state index is 12.4. The van der Waals surface area contributed by atoms with Crippen molar-refractivity contribution in [3.05, 3.63) is 56.5 Å². The Morgan fingerprint density at radius 3 is 2.39 bits per heavy atom. The van der Waals surface area contributed by atoms with Crippen LogP contribution in [0.2, 0.25) is 0 Å². The summed E-state index contributed by atoms with van der Waals surface area (Å²) < 4.78 is 1.33. The van der Waals surface area contributed by atoms with Crippen molar-refractivity contribution in [3.8, 4) is 0 Å². The Kier molecular flexibility index (Phi) is 2.95. The maximum Gasteiger partial charge on any atom is 0.277 e. The first-order valence-corrected chi connectivity index (χ1v) is 5.79. The first kappa shape index (κ1) is 12.4. The van der Waals surface area contributed by atoms with Crippen molar-refractivity contribution in [1.29, 1.82) is 0 Å². The minimum atomic E-state index is -0.280. The molecule has 0 bridgehead atoms. The van der Waals surface area contributed by atoms with E-state index >= 15 is 0 Å². The molecule has 0 radical (unpaired) electrons. The van der Waals surface area contributed by atoms with Gasteiger partial charge < -0.3 is 0 Å². The monoisotopic (exact) mass is 244 g/mol. The summed E-state index contributed by atoms with van der Waals surface area (Å²) >= 11 is 0. The van der Waals surface area contributed by atoms with Crippen molar-refractivity contribution in [2.24, 2.45) is 7.05 Å². The van der Waals surface area contributed by atoms with Gasteiger partial charge in [-0.25, -0.2) is 0 Å². The number of rotatable bonds is 2. The Bertz CT molecular complexity index is 678. The van der Waals surface area contributed by atoms with E-state index in [4.69, 9.17) is 0 Å². The minimum absolute atomic E-state index is 0.216. The average molecular weight is 244 g/mol. The molecular weight excluding hydrogens is 228 g/mol. The zero-order valence-corrected chi connectivity index (χ0v) is 11.0. The largest absolute Gasteiger partial charge is 0.299 e. The van der Waals surface area contributed by atoms with Crippen LogP contribution in [-0.4, -0.2) is 15.6 Å². The van der Waals surface area contributed by atoms with E-state index in [9.17, 15) is 9.59 Å². The van der Waals surface area contributed by atoms with Crippen LogP contribution in [0.5, 0.6) is 0 Å². The molecule has 0 aliphatic carbocycles. The third-order valence-electron chi connectivity index (χ3n) is 3.08. The van der Waals surface area contributed by atoms with E-state index in [0.29, 0.717) is 11.3 Å². The smallest absolute Gasteiger partial charge is 0.277 e. The highest BCUT2D eigenvalue weighted by Gasteiger charge is 2.20. The lowest BCUT2D eigenvalue weighted by Gasteiger charge is -2.04. The third kappa shape index (κ3) is 1.90. The Balaban J connectivity index is 2.58. The molecule has 1 heterocycles. The van der Waals surface area contributed by atoms with Gasteiger partial charge in [-0.1, -0.05) is 23.8 Å². The standard InChI is InChI=1S/C14H16N2O2/c1-8-5-6-11(9(2)7-8)13(17)12-10(3)15-16(4)14(12)18/h5-7,15H,1-4H3. The zero-order chi connectivity index (χ0) is 13.4. The summed E-state index contributed by atoms with van der Waals surface area (Å²) in [7, 11) is 1.61. The summed E-state index contributed by atoms with van der Waals surface area (Å²) in [4.78, 5) is 24.3. The van der Waals surface area contributed by atoms with Crippen LogP contribution in [0.25, 0.3) is 0 Å². The molecule has 0 fully saturated rings. The number of hydrogen-bond acceptors (Lipinski definition) is 2. The van der Waals surface area contributed by atoms with Gasteiger partial charge in [-0.2, -0.15) is 0 Å². The Morgan fingerprint density at radius 2 is 1.89 bits per heavy atom. The lowest BCUT2D eigenvalue weighted by Crippen LogP contribution is -2.20. The molecular formula is C14H16N2O2. The lowest BCUT2D eigenvalue weighted by atomic mass is 9.98. The fourth-order valence-corrected chi connectivity index (χ4v) is 2.16. The van der Waals surface area contributed by atoms with Gasteiger partial charge in [0, 0.05) is 18.3 Å². The van der Waals surface area contributed by atoms with Crippen LogP contribution in [0.15, 0.2) is 23.0 Å². The second-order valence-electron chi connectivity index (χ2n) is 4.62. The number of H-pyrrole nitrogens is 1. The molecule has 0 saturated heterocycles. The van der Waals surface area contributed by atoms with E-state index in [2.05, 4.69) is 5.10 Å². The molecule has 94 valence electrons. The van der Waals surface area contributed by atoms with Crippen LogP contribution >= 0.6 is 0 Å². The van der Waals surface area contributed by atoms with Crippen molar-refractivity contribution in [3.63, 3.8) is 0 Å². The Hall–Kier alpha value is -2.10. The van der Waals surface area contributed by atoms with Crippen LogP contribution in [0, 0.1) is 20.8 Å². The van der Waals surface area contributed by atoms with Gasteiger partial charge in [0.15, 0.2) is 0 Å². The quantitative estimate of drug-likeness (QED) is 0.820. The normalized spacial score (nSPS) is 10.7. The molecule has 1 N–H and O–H groups in total. The third-order valence-corrected chi connectivity index (χ3v) is 3.08. The second kappa shape index (κ2) is 4.29. The molecule has 2 aromatic rings. The van der Waals surface area contributed by atoms with Crippen molar-refractivity contribution < 1.29 is 4.79 Å². The zero-order valence-electron chi connectivity index (χ0n) is 11.0. The van der Waals surface area contributed by atoms with Crippen molar-refractivity contribution in [1.82, 2.24) is 9.78 Å². The van der Waals surface area contributed by atoms with Crippen LogP contribution in [0.3, 0.4) is 0 Å². The van der Waals surface area contributed by atoms with Crippen LogP contribution in [-0.2, 0) is 7.05 Å². The molecule has 0 spiro atoms. The number of aromatic nitrogens is 2. The van der Waals surface area contributed by atoms with E-state index in [-0.39, 0.29) is 16.9 Å². The second-order valence-corrected chi connectivity index (χ2v) is 4.62. The topological polar surface area (TPSA) is 54.9 Å². The van der Waals surface area contributed by atoms with Gasteiger partial charge in [0.1, 0.15) is 5.56 Å². The summed E-state index contributed by atoms with van der Waals surface area (Å²) in [5.41, 5.74) is 3.13. The van der Waals surface area contributed by atoms with Gasteiger partial charge in [0.05, 0.1) is 0 Å². The van der Waals surface area contributed by atoms with Gasteiger partial charge in [0.2, 0.25) is 5.78 Å². The highest BCUT2D eigenvalue weighted by Crippen LogP contribution is 2.15. The first-order valence-electron chi connectivity index (χ1n) is 5.79. The van der Waals surface area contributed by atoms with Gasteiger partial charge in [-0.3, -0.25) is 19.4 Å². The molecule has 0 saturated carbocycles. The van der Waals surface area contributed by atoms with E-state index in [1.54, 1.807) is 20.0 Å². The van der Waals surface area contributed by atoms with Crippen molar-refractivity contribution >= 4 is 5.78 Å². The molecule has 4 heteroatoms. The molecule has 0 aliphatic rings. The van der Waals surface area contributed by atoms with Gasteiger partial charge in [-0.05, 0) is 26.3 Å². The number of nitrogens with zero attached hydrogens (tertiary/aromatic N) is 1. The predicted octanol–water partition coefficient (Wildman–Crippen LogP) is 1.87. The highest BCUT2D eigenvalue weighted by atomic mass is 16.2. The molecule has 1 aromatic heterocycles.